The SMILES string of the molecule is O=C(c1ccnc(Nc2cccc(Cl)c2Cl)n1)N1CCCc2ccccc21. The number of halogens is 2. The first-order valence-electron chi connectivity index (χ1n) is 8.57. The maximum atomic E-state index is 13.0. The van der Waals surface area contributed by atoms with Crippen molar-refractivity contribution in [2.24, 2.45) is 0 Å². The molecule has 0 radical (unpaired) electrons. The quantitative estimate of drug-likeness (QED) is 0.664. The molecule has 0 saturated carbocycles. The van der Waals surface area contributed by atoms with Crippen molar-refractivity contribution in [3.8, 4) is 0 Å². The summed E-state index contributed by atoms with van der Waals surface area (Å²) < 4.78 is 0. The first kappa shape index (κ1) is 17.8. The highest BCUT2D eigenvalue weighted by Gasteiger charge is 2.24. The first-order valence-corrected chi connectivity index (χ1v) is 9.33. The standard InChI is InChI=1S/C20H16Cl2N4O/c21-14-7-3-8-15(18(14)22)24-20-23-11-10-16(25-20)19(27)26-12-4-6-13-5-1-2-9-17(13)26/h1-3,5,7-11H,4,6,12H2,(H,23,24,25). The van der Waals surface area contributed by atoms with Gasteiger partial charge in [-0.1, -0.05) is 47.5 Å². The van der Waals surface area contributed by atoms with Crippen LogP contribution in [-0.4, -0.2) is 22.4 Å². The molecule has 1 amide bonds. The molecule has 0 aliphatic carbocycles. The van der Waals surface area contributed by atoms with E-state index in [-0.39, 0.29) is 11.9 Å². The number of nitrogens with zero attached hydrogens (tertiary/aromatic N) is 3. The van der Waals surface area contributed by atoms with E-state index in [0.29, 0.717) is 28.0 Å². The predicted octanol–water partition coefficient (Wildman–Crippen LogP) is 5.12. The van der Waals surface area contributed by atoms with E-state index in [2.05, 4.69) is 21.4 Å². The maximum absolute atomic E-state index is 13.0. The number of aromatic nitrogens is 2. The zero-order chi connectivity index (χ0) is 18.8. The summed E-state index contributed by atoms with van der Waals surface area (Å²) in [5.41, 5.74) is 3.02. The molecule has 4 rings (SSSR count). The molecule has 1 aliphatic rings. The van der Waals surface area contributed by atoms with E-state index in [9.17, 15) is 4.79 Å². The van der Waals surface area contributed by atoms with Crippen molar-refractivity contribution in [3.05, 3.63) is 76.0 Å². The third kappa shape index (κ3) is 3.61. The molecule has 7 heteroatoms. The zero-order valence-electron chi connectivity index (χ0n) is 14.3. The molecule has 0 unspecified atom stereocenters. The second-order valence-corrected chi connectivity index (χ2v) is 6.97. The molecule has 1 aromatic heterocycles. The molecule has 1 aliphatic heterocycles. The summed E-state index contributed by atoms with van der Waals surface area (Å²) in [5.74, 6) is 0.139. The Kier molecular flexibility index (Phi) is 4.97. The van der Waals surface area contributed by atoms with E-state index in [1.54, 1.807) is 35.4 Å². The number of benzene rings is 2. The van der Waals surface area contributed by atoms with E-state index in [0.717, 1.165) is 18.5 Å². The normalized spacial score (nSPS) is 13.2. The Morgan fingerprint density at radius 3 is 2.81 bits per heavy atom. The molecule has 0 bridgehead atoms. The number of rotatable bonds is 3. The number of nitrogens with one attached hydrogen (secondary N) is 1. The van der Waals surface area contributed by atoms with Gasteiger partial charge in [0, 0.05) is 18.4 Å². The van der Waals surface area contributed by atoms with Gasteiger partial charge >= 0.3 is 0 Å². The highest BCUT2D eigenvalue weighted by molar-refractivity contribution is 6.43. The van der Waals surface area contributed by atoms with Crippen LogP contribution in [0.2, 0.25) is 10.0 Å². The fraction of sp³-hybridized carbons (Fsp3) is 0.150. The highest BCUT2D eigenvalue weighted by atomic mass is 35.5. The summed E-state index contributed by atoms with van der Waals surface area (Å²) in [6, 6.07) is 14.8. The number of hydrogen-bond donors (Lipinski definition) is 1. The van der Waals surface area contributed by atoms with Crippen LogP contribution in [0.15, 0.2) is 54.7 Å². The highest BCUT2D eigenvalue weighted by Crippen LogP contribution is 2.31. The van der Waals surface area contributed by atoms with Gasteiger partial charge in [-0.05, 0) is 42.7 Å². The summed E-state index contributed by atoms with van der Waals surface area (Å²) in [6.07, 6.45) is 3.46. The van der Waals surface area contributed by atoms with Gasteiger partial charge in [0.15, 0.2) is 0 Å². The predicted molar refractivity (Wildman–Crippen MR) is 108 cm³/mol. The van der Waals surface area contributed by atoms with Crippen molar-refractivity contribution in [1.29, 1.82) is 0 Å². The number of hydrogen-bond acceptors (Lipinski definition) is 4. The summed E-state index contributed by atoms with van der Waals surface area (Å²) in [5, 5.41) is 3.83. The molecule has 136 valence electrons. The molecule has 0 saturated heterocycles. The van der Waals surface area contributed by atoms with Crippen LogP contribution < -0.4 is 10.2 Å². The van der Waals surface area contributed by atoms with Gasteiger partial charge < -0.3 is 10.2 Å². The van der Waals surface area contributed by atoms with Gasteiger partial charge in [0.1, 0.15) is 5.69 Å². The molecule has 1 N–H and O–H groups in total. The van der Waals surface area contributed by atoms with Crippen LogP contribution in [0, 0.1) is 0 Å². The largest absolute Gasteiger partial charge is 0.323 e. The Balaban J connectivity index is 1.61. The van der Waals surface area contributed by atoms with Crippen molar-refractivity contribution in [2.45, 2.75) is 12.8 Å². The fourth-order valence-corrected chi connectivity index (χ4v) is 3.49. The van der Waals surface area contributed by atoms with Crippen molar-refractivity contribution in [3.63, 3.8) is 0 Å². The van der Waals surface area contributed by atoms with Crippen LogP contribution in [-0.2, 0) is 6.42 Å². The van der Waals surface area contributed by atoms with E-state index < -0.39 is 0 Å². The van der Waals surface area contributed by atoms with Gasteiger partial charge in [0.25, 0.3) is 5.91 Å². The van der Waals surface area contributed by atoms with Gasteiger partial charge in [-0.2, -0.15) is 0 Å². The van der Waals surface area contributed by atoms with E-state index >= 15 is 0 Å². The van der Waals surface area contributed by atoms with E-state index in [4.69, 9.17) is 23.2 Å². The molecule has 27 heavy (non-hydrogen) atoms. The minimum absolute atomic E-state index is 0.148. The zero-order valence-corrected chi connectivity index (χ0v) is 15.8. The number of carbonyl (C=O) groups is 1. The molecule has 2 aromatic carbocycles. The van der Waals surface area contributed by atoms with Crippen LogP contribution in [0.1, 0.15) is 22.5 Å². The number of carbonyl (C=O) groups excluding carboxylic acids is 1. The molecule has 5 nitrogen and oxygen atoms in total. The van der Waals surface area contributed by atoms with Crippen molar-refractivity contribution < 1.29 is 4.79 Å². The Morgan fingerprint density at radius 1 is 1.07 bits per heavy atom. The Labute approximate surface area is 167 Å². The molecular formula is C20H16Cl2N4O. The molecular weight excluding hydrogens is 383 g/mol. The van der Waals surface area contributed by atoms with E-state index in [1.165, 1.54) is 5.56 Å². The molecule has 0 atom stereocenters. The van der Waals surface area contributed by atoms with Crippen LogP contribution in [0.3, 0.4) is 0 Å². The minimum Gasteiger partial charge on any atom is -0.323 e. The van der Waals surface area contributed by atoms with Gasteiger partial charge in [-0.25, -0.2) is 9.97 Å². The first-order chi connectivity index (χ1) is 13.1. The lowest BCUT2D eigenvalue weighted by Gasteiger charge is -2.29. The maximum Gasteiger partial charge on any atom is 0.277 e. The van der Waals surface area contributed by atoms with Crippen LogP contribution >= 0.6 is 23.2 Å². The van der Waals surface area contributed by atoms with Crippen molar-refractivity contribution >= 4 is 46.4 Å². The number of anilines is 3. The van der Waals surface area contributed by atoms with Gasteiger partial charge in [-0.15, -0.1) is 0 Å². The van der Waals surface area contributed by atoms with Gasteiger partial charge in [0.2, 0.25) is 5.95 Å². The number of para-hydroxylation sites is 1. The average Bonchev–Trinajstić information content (AvgIpc) is 2.71. The Morgan fingerprint density at radius 2 is 1.93 bits per heavy atom. The third-order valence-corrected chi connectivity index (χ3v) is 5.25. The van der Waals surface area contributed by atoms with Crippen LogP contribution in [0.25, 0.3) is 0 Å². The third-order valence-electron chi connectivity index (χ3n) is 4.43. The molecule has 3 aromatic rings. The Bertz CT molecular complexity index is 1010. The van der Waals surface area contributed by atoms with E-state index in [1.807, 2.05) is 18.2 Å². The second-order valence-electron chi connectivity index (χ2n) is 6.18. The van der Waals surface area contributed by atoms with Gasteiger partial charge in [0.05, 0.1) is 15.7 Å². The van der Waals surface area contributed by atoms with Crippen molar-refractivity contribution in [1.82, 2.24) is 9.97 Å². The minimum atomic E-state index is -0.148. The van der Waals surface area contributed by atoms with Gasteiger partial charge in [-0.3, -0.25) is 4.79 Å². The molecule has 2 heterocycles. The monoisotopic (exact) mass is 398 g/mol. The van der Waals surface area contributed by atoms with Crippen LogP contribution in [0.5, 0.6) is 0 Å². The number of fused-ring (bicyclic) bond motifs is 1. The van der Waals surface area contributed by atoms with Crippen LogP contribution in [0.4, 0.5) is 17.3 Å². The number of amides is 1. The van der Waals surface area contributed by atoms with Crippen molar-refractivity contribution in [2.75, 3.05) is 16.8 Å². The lowest BCUT2D eigenvalue weighted by atomic mass is 10.0. The Hall–Kier alpha value is -2.63. The smallest absolute Gasteiger partial charge is 0.277 e. The second kappa shape index (κ2) is 7.55. The fourth-order valence-electron chi connectivity index (χ4n) is 3.14. The summed E-state index contributed by atoms with van der Waals surface area (Å²) in [6.45, 7) is 0.669. The summed E-state index contributed by atoms with van der Waals surface area (Å²) in [4.78, 5) is 23.4. The summed E-state index contributed by atoms with van der Waals surface area (Å²) in [7, 11) is 0. The molecule has 0 fully saturated rings. The average molecular weight is 399 g/mol. The molecule has 0 spiro atoms. The number of aryl methyl sites for hydroxylation is 1. The lowest BCUT2D eigenvalue weighted by molar-refractivity contribution is 0.0980. The summed E-state index contributed by atoms with van der Waals surface area (Å²) >= 11 is 12.2. The lowest BCUT2D eigenvalue weighted by Crippen LogP contribution is -2.36. The topological polar surface area (TPSA) is 58.1 Å².